The van der Waals surface area contributed by atoms with Crippen LogP contribution >= 0.6 is 0 Å². The molecule has 0 bridgehead atoms. The first-order valence-electron chi connectivity index (χ1n) is 12.1. The maximum absolute atomic E-state index is 13.8. The quantitative estimate of drug-likeness (QED) is 0.504. The van der Waals surface area contributed by atoms with E-state index < -0.39 is 23.8 Å². The van der Waals surface area contributed by atoms with E-state index in [1.807, 2.05) is 45.0 Å². The topological polar surface area (TPSA) is 97.0 Å². The molecule has 3 unspecified atom stereocenters. The second-order valence-electron chi connectivity index (χ2n) is 9.94. The first-order valence-corrected chi connectivity index (χ1v) is 12.1. The van der Waals surface area contributed by atoms with Gasteiger partial charge in [-0.05, 0) is 69.0 Å². The molecule has 0 heterocycles. The predicted molar refractivity (Wildman–Crippen MR) is 141 cm³/mol. The van der Waals surface area contributed by atoms with Crippen LogP contribution in [0.15, 0.2) is 48.5 Å². The van der Waals surface area contributed by atoms with E-state index in [9.17, 15) is 14.4 Å². The number of hydrogen-bond donors (Lipinski definition) is 2. The third-order valence-corrected chi connectivity index (χ3v) is 5.98. The van der Waals surface area contributed by atoms with Crippen LogP contribution in [-0.2, 0) is 14.3 Å². The molecule has 2 aromatic carbocycles. The number of carbonyl (C=O) groups excluding carboxylic acids is 3. The highest BCUT2D eigenvalue weighted by atomic mass is 16.6. The second-order valence-corrected chi connectivity index (χ2v) is 9.94. The molecule has 0 spiro atoms. The number of anilines is 1. The minimum absolute atomic E-state index is 0.186. The van der Waals surface area contributed by atoms with Crippen molar-refractivity contribution in [1.82, 2.24) is 10.2 Å². The lowest BCUT2D eigenvalue weighted by molar-refractivity contribution is -0.140. The second kappa shape index (κ2) is 12.4. The molecule has 2 aromatic rings. The van der Waals surface area contributed by atoms with Crippen molar-refractivity contribution in [3.05, 3.63) is 59.7 Å². The van der Waals surface area contributed by atoms with Crippen molar-refractivity contribution in [1.29, 1.82) is 0 Å². The first kappa shape index (κ1) is 28.7. The maximum Gasteiger partial charge on any atom is 0.408 e. The van der Waals surface area contributed by atoms with Crippen molar-refractivity contribution in [3.8, 4) is 5.75 Å². The van der Waals surface area contributed by atoms with E-state index in [0.717, 1.165) is 5.56 Å². The number of rotatable bonds is 9. The molecular weight excluding hydrogens is 458 g/mol. The molecule has 3 amide bonds. The summed E-state index contributed by atoms with van der Waals surface area (Å²) in [5, 5.41) is 5.64. The van der Waals surface area contributed by atoms with E-state index in [1.165, 1.54) is 4.90 Å². The van der Waals surface area contributed by atoms with Crippen LogP contribution in [0.25, 0.3) is 0 Å². The zero-order valence-corrected chi connectivity index (χ0v) is 22.5. The van der Waals surface area contributed by atoms with Crippen molar-refractivity contribution < 1.29 is 23.9 Å². The van der Waals surface area contributed by atoms with E-state index in [2.05, 4.69) is 10.6 Å². The van der Waals surface area contributed by atoms with Crippen LogP contribution in [0.1, 0.15) is 58.2 Å². The summed E-state index contributed by atoms with van der Waals surface area (Å²) in [4.78, 5) is 41.3. The summed E-state index contributed by atoms with van der Waals surface area (Å²) < 4.78 is 10.6. The molecule has 0 aliphatic rings. The fourth-order valence-corrected chi connectivity index (χ4v) is 3.77. The van der Waals surface area contributed by atoms with Gasteiger partial charge in [-0.1, -0.05) is 44.5 Å². The summed E-state index contributed by atoms with van der Waals surface area (Å²) in [6.45, 7) is 11.0. The number of nitrogens with zero attached hydrogens (tertiary/aromatic N) is 1. The highest BCUT2D eigenvalue weighted by molar-refractivity contribution is 5.99. The Hall–Kier alpha value is -3.55. The predicted octanol–water partition coefficient (Wildman–Crippen LogP) is 5.08. The molecule has 0 fully saturated rings. The minimum Gasteiger partial charge on any atom is -0.497 e. The molecule has 0 aliphatic heterocycles. The van der Waals surface area contributed by atoms with Gasteiger partial charge >= 0.3 is 6.09 Å². The number of carbonyl (C=O) groups is 3. The van der Waals surface area contributed by atoms with Gasteiger partial charge in [0, 0.05) is 12.7 Å². The third-order valence-electron chi connectivity index (χ3n) is 5.98. The van der Waals surface area contributed by atoms with Crippen molar-refractivity contribution in [3.63, 3.8) is 0 Å². The average molecular weight is 498 g/mol. The third kappa shape index (κ3) is 7.73. The summed E-state index contributed by atoms with van der Waals surface area (Å²) in [6.07, 6.45) is -0.0303. The normalized spacial score (nSPS) is 13.7. The Balaban J connectivity index is 2.39. The van der Waals surface area contributed by atoms with E-state index >= 15 is 0 Å². The zero-order chi connectivity index (χ0) is 27.0. The van der Waals surface area contributed by atoms with Crippen molar-refractivity contribution in [2.24, 2.45) is 5.92 Å². The Morgan fingerprint density at radius 2 is 1.64 bits per heavy atom. The van der Waals surface area contributed by atoms with Gasteiger partial charge < -0.3 is 25.0 Å². The Morgan fingerprint density at radius 1 is 1.03 bits per heavy atom. The maximum atomic E-state index is 13.8. The lowest BCUT2D eigenvalue weighted by Gasteiger charge is -2.34. The van der Waals surface area contributed by atoms with Gasteiger partial charge in [0.2, 0.25) is 5.91 Å². The van der Waals surface area contributed by atoms with Crippen molar-refractivity contribution in [2.45, 2.75) is 65.6 Å². The van der Waals surface area contributed by atoms with Gasteiger partial charge in [-0.2, -0.15) is 0 Å². The van der Waals surface area contributed by atoms with E-state index in [1.54, 1.807) is 59.2 Å². The van der Waals surface area contributed by atoms with Gasteiger partial charge in [-0.3, -0.25) is 9.59 Å². The number of benzene rings is 2. The van der Waals surface area contributed by atoms with E-state index in [-0.39, 0.29) is 17.7 Å². The summed E-state index contributed by atoms with van der Waals surface area (Å²) in [7, 11) is 3.15. The molecule has 2 rings (SSSR count). The van der Waals surface area contributed by atoms with Crippen LogP contribution in [0.2, 0.25) is 0 Å². The Morgan fingerprint density at radius 3 is 2.17 bits per heavy atom. The lowest BCUT2D eigenvalue weighted by Crippen LogP contribution is -2.53. The molecule has 0 aromatic heterocycles. The van der Waals surface area contributed by atoms with Crippen LogP contribution < -0.4 is 15.4 Å². The standard InChI is InChI=1S/C28H39N3O5/c1-9-18(2)23(30-27(34)36-28(4,5)6)26(33)31(7)24(22-13-11-10-12-19(22)3)25(32)29-20-14-16-21(35-8)17-15-20/h10-18,23-24H,9H2,1-8H3,(H,29,32)(H,30,34). The monoisotopic (exact) mass is 497 g/mol. The minimum atomic E-state index is -0.923. The Kier molecular flexibility index (Phi) is 9.90. The van der Waals surface area contributed by atoms with Gasteiger partial charge in [0.15, 0.2) is 0 Å². The summed E-state index contributed by atoms with van der Waals surface area (Å²) in [5.74, 6) is -0.270. The zero-order valence-electron chi connectivity index (χ0n) is 22.5. The number of methoxy groups -OCH3 is 1. The summed E-state index contributed by atoms with van der Waals surface area (Å²) in [5.41, 5.74) is 1.43. The molecule has 196 valence electrons. The number of aryl methyl sites for hydroxylation is 1. The summed E-state index contributed by atoms with van der Waals surface area (Å²) >= 11 is 0. The molecule has 0 saturated heterocycles. The average Bonchev–Trinajstić information content (AvgIpc) is 2.82. The molecule has 8 nitrogen and oxygen atoms in total. The van der Waals surface area contributed by atoms with Gasteiger partial charge in [0.25, 0.3) is 5.91 Å². The van der Waals surface area contributed by atoms with Gasteiger partial charge in [-0.15, -0.1) is 0 Å². The van der Waals surface area contributed by atoms with Crippen LogP contribution in [0.4, 0.5) is 10.5 Å². The van der Waals surface area contributed by atoms with Crippen LogP contribution in [0.5, 0.6) is 5.75 Å². The lowest BCUT2D eigenvalue weighted by atomic mass is 9.95. The van der Waals surface area contributed by atoms with Gasteiger partial charge in [0.1, 0.15) is 23.4 Å². The number of alkyl carbamates (subject to hydrolysis) is 1. The van der Waals surface area contributed by atoms with Crippen LogP contribution in [-0.4, -0.2) is 48.6 Å². The highest BCUT2D eigenvalue weighted by Crippen LogP contribution is 2.27. The molecule has 2 N–H and O–H groups in total. The smallest absolute Gasteiger partial charge is 0.408 e. The van der Waals surface area contributed by atoms with Gasteiger partial charge in [0.05, 0.1) is 7.11 Å². The number of ether oxygens (including phenoxy) is 2. The fraction of sp³-hybridized carbons (Fsp3) is 0.464. The molecule has 36 heavy (non-hydrogen) atoms. The molecular formula is C28H39N3O5. The number of likely N-dealkylation sites (N-methyl/N-ethyl adjacent to an activating group) is 1. The molecule has 0 saturated carbocycles. The Labute approximate surface area is 214 Å². The van der Waals surface area contributed by atoms with Gasteiger partial charge in [-0.25, -0.2) is 4.79 Å². The highest BCUT2D eigenvalue weighted by Gasteiger charge is 2.36. The number of amides is 3. The largest absolute Gasteiger partial charge is 0.497 e. The van der Waals surface area contributed by atoms with Crippen LogP contribution in [0, 0.1) is 12.8 Å². The molecule has 0 aliphatic carbocycles. The first-order chi connectivity index (χ1) is 16.9. The SMILES string of the molecule is CCC(C)C(NC(=O)OC(C)(C)C)C(=O)N(C)C(C(=O)Nc1ccc(OC)cc1)c1ccccc1C. The molecule has 3 atom stereocenters. The molecule has 8 heteroatoms. The van der Waals surface area contributed by atoms with E-state index in [0.29, 0.717) is 23.4 Å². The van der Waals surface area contributed by atoms with Crippen LogP contribution in [0.3, 0.4) is 0 Å². The van der Waals surface area contributed by atoms with Crippen molar-refractivity contribution >= 4 is 23.6 Å². The van der Waals surface area contributed by atoms with E-state index in [4.69, 9.17) is 9.47 Å². The summed E-state index contributed by atoms with van der Waals surface area (Å²) in [6, 6.07) is 12.6. The number of nitrogens with one attached hydrogen (secondary N) is 2. The molecule has 0 radical (unpaired) electrons. The fourth-order valence-electron chi connectivity index (χ4n) is 3.77. The number of hydrogen-bond acceptors (Lipinski definition) is 5. The van der Waals surface area contributed by atoms with Crippen molar-refractivity contribution in [2.75, 3.05) is 19.5 Å². The Bertz CT molecular complexity index is 1050.